The van der Waals surface area contributed by atoms with Crippen LogP contribution in [0.4, 0.5) is 0 Å². The van der Waals surface area contributed by atoms with Gasteiger partial charge in [-0.15, -0.1) is 0 Å². The second-order valence-corrected chi connectivity index (χ2v) is 5.93. The number of aryl methyl sites for hydroxylation is 4. The number of nitrogens with two attached hydrogens (primary N) is 1. The summed E-state index contributed by atoms with van der Waals surface area (Å²) < 4.78 is 1.71. The molecule has 1 atom stereocenters. The molecular weight excluding hydrogens is 284 g/mol. The van der Waals surface area contributed by atoms with Crippen molar-refractivity contribution in [3.63, 3.8) is 0 Å². The first-order valence-corrected chi connectivity index (χ1v) is 7.58. The first-order valence-electron chi connectivity index (χ1n) is 7.21. The van der Waals surface area contributed by atoms with E-state index in [9.17, 15) is 0 Å². The molecule has 1 aromatic heterocycles. The molecule has 0 fully saturated rings. The van der Waals surface area contributed by atoms with Gasteiger partial charge in [-0.05, 0) is 38.7 Å². The maximum Gasteiger partial charge on any atom is 0.130 e. The van der Waals surface area contributed by atoms with E-state index in [-0.39, 0.29) is 6.04 Å². The summed E-state index contributed by atoms with van der Waals surface area (Å²) in [5, 5.41) is 5.04. The molecule has 0 saturated heterocycles. The van der Waals surface area contributed by atoms with Gasteiger partial charge in [0, 0.05) is 18.7 Å². The third-order valence-corrected chi connectivity index (χ3v) is 4.33. The van der Waals surface area contributed by atoms with Gasteiger partial charge >= 0.3 is 0 Å². The smallest absolute Gasteiger partial charge is 0.130 e. The monoisotopic (exact) mass is 306 g/mol. The van der Waals surface area contributed by atoms with E-state index in [0.29, 0.717) is 5.15 Å². The van der Waals surface area contributed by atoms with Crippen LogP contribution in [0.2, 0.25) is 5.15 Å². The van der Waals surface area contributed by atoms with Crippen molar-refractivity contribution in [2.75, 3.05) is 0 Å². The Morgan fingerprint density at radius 2 is 1.95 bits per heavy atom. The van der Waals surface area contributed by atoms with E-state index in [4.69, 9.17) is 17.4 Å². The van der Waals surface area contributed by atoms with Crippen LogP contribution in [0.3, 0.4) is 0 Å². The molecule has 2 aromatic rings. The second-order valence-electron chi connectivity index (χ2n) is 5.57. The zero-order valence-corrected chi connectivity index (χ0v) is 13.6. The molecule has 1 heterocycles. The molecule has 21 heavy (non-hydrogen) atoms. The molecule has 0 bridgehead atoms. The van der Waals surface area contributed by atoms with E-state index in [0.717, 1.165) is 30.5 Å². The minimum Gasteiger partial charge on any atom is -0.271 e. The molecule has 2 rings (SSSR count). The summed E-state index contributed by atoms with van der Waals surface area (Å²) in [5.41, 5.74) is 7.56. The molecule has 0 radical (unpaired) electrons. The Balaban J connectivity index is 1.98. The van der Waals surface area contributed by atoms with E-state index in [1.807, 2.05) is 14.0 Å². The first kappa shape index (κ1) is 16.0. The van der Waals surface area contributed by atoms with Gasteiger partial charge in [0.2, 0.25) is 0 Å². The van der Waals surface area contributed by atoms with Gasteiger partial charge in [0.05, 0.1) is 5.69 Å². The Labute approximate surface area is 131 Å². The summed E-state index contributed by atoms with van der Waals surface area (Å²) in [4.78, 5) is 0. The number of benzene rings is 1. The zero-order chi connectivity index (χ0) is 15.4. The number of nitrogens with one attached hydrogen (secondary N) is 1. The highest BCUT2D eigenvalue weighted by Crippen LogP contribution is 2.21. The van der Waals surface area contributed by atoms with Crippen molar-refractivity contribution in [1.82, 2.24) is 15.2 Å². The summed E-state index contributed by atoms with van der Waals surface area (Å²) >= 11 is 6.28. The standard InChI is InChI=1S/C16H23ClN4/c1-11-4-6-13(7-5-11)8-9-14(19-18)10-15-12(2)20-21(3)16(15)17/h4-7,14,19H,8-10,18H2,1-3H3. The van der Waals surface area contributed by atoms with Crippen LogP contribution in [0.25, 0.3) is 0 Å². The van der Waals surface area contributed by atoms with E-state index >= 15 is 0 Å². The van der Waals surface area contributed by atoms with Crippen LogP contribution in [0.1, 0.15) is 28.8 Å². The normalized spacial score (nSPS) is 12.6. The Morgan fingerprint density at radius 1 is 1.29 bits per heavy atom. The van der Waals surface area contributed by atoms with Crippen LogP contribution < -0.4 is 11.3 Å². The van der Waals surface area contributed by atoms with Gasteiger partial charge in [0.1, 0.15) is 5.15 Å². The number of hydrazine groups is 1. The molecule has 0 aliphatic carbocycles. The predicted octanol–water partition coefficient (Wildman–Crippen LogP) is 2.70. The molecule has 3 N–H and O–H groups in total. The van der Waals surface area contributed by atoms with Crippen molar-refractivity contribution in [3.05, 3.63) is 51.8 Å². The number of nitrogens with zero attached hydrogens (tertiary/aromatic N) is 2. The average Bonchev–Trinajstić information content (AvgIpc) is 2.71. The molecule has 4 nitrogen and oxygen atoms in total. The maximum absolute atomic E-state index is 6.28. The fourth-order valence-electron chi connectivity index (χ4n) is 2.49. The molecule has 0 aliphatic heterocycles. The van der Waals surface area contributed by atoms with Gasteiger partial charge in [-0.25, -0.2) is 0 Å². The molecule has 114 valence electrons. The Bertz CT molecular complexity index is 589. The van der Waals surface area contributed by atoms with Crippen molar-refractivity contribution < 1.29 is 0 Å². The van der Waals surface area contributed by atoms with Gasteiger partial charge < -0.3 is 0 Å². The van der Waals surface area contributed by atoms with E-state index in [1.165, 1.54) is 11.1 Å². The Kier molecular flexibility index (Phi) is 5.39. The summed E-state index contributed by atoms with van der Waals surface area (Å²) in [6.07, 6.45) is 2.75. The summed E-state index contributed by atoms with van der Waals surface area (Å²) in [7, 11) is 1.86. The van der Waals surface area contributed by atoms with Crippen molar-refractivity contribution in [2.45, 2.75) is 39.2 Å². The van der Waals surface area contributed by atoms with Gasteiger partial charge in [-0.3, -0.25) is 16.0 Å². The number of aromatic nitrogens is 2. The lowest BCUT2D eigenvalue weighted by atomic mass is 9.99. The second kappa shape index (κ2) is 7.07. The van der Waals surface area contributed by atoms with Gasteiger partial charge in [0.15, 0.2) is 0 Å². The fraction of sp³-hybridized carbons (Fsp3) is 0.438. The van der Waals surface area contributed by atoms with E-state index in [1.54, 1.807) is 4.68 Å². The summed E-state index contributed by atoms with van der Waals surface area (Å²) in [6, 6.07) is 8.81. The lowest BCUT2D eigenvalue weighted by Crippen LogP contribution is -2.37. The number of rotatable bonds is 6. The van der Waals surface area contributed by atoms with Crippen LogP contribution in [0.15, 0.2) is 24.3 Å². The van der Waals surface area contributed by atoms with E-state index < -0.39 is 0 Å². The Morgan fingerprint density at radius 3 is 2.48 bits per heavy atom. The van der Waals surface area contributed by atoms with Gasteiger partial charge in [-0.1, -0.05) is 41.4 Å². The summed E-state index contributed by atoms with van der Waals surface area (Å²) in [5.74, 6) is 5.70. The van der Waals surface area contributed by atoms with Crippen molar-refractivity contribution in [2.24, 2.45) is 12.9 Å². The van der Waals surface area contributed by atoms with E-state index in [2.05, 4.69) is 41.7 Å². The zero-order valence-electron chi connectivity index (χ0n) is 12.9. The highest BCUT2D eigenvalue weighted by atomic mass is 35.5. The predicted molar refractivity (Wildman–Crippen MR) is 87.3 cm³/mol. The van der Waals surface area contributed by atoms with Crippen LogP contribution in [-0.2, 0) is 19.9 Å². The third-order valence-electron chi connectivity index (χ3n) is 3.86. The van der Waals surface area contributed by atoms with Crippen LogP contribution >= 0.6 is 11.6 Å². The summed E-state index contributed by atoms with van der Waals surface area (Å²) in [6.45, 7) is 4.08. The number of hydrogen-bond acceptors (Lipinski definition) is 3. The molecular formula is C16H23ClN4. The molecule has 0 amide bonds. The van der Waals surface area contributed by atoms with Gasteiger partial charge in [0.25, 0.3) is 0 Å². The minimum atomic E-state index is 0.187. The highest BCUT2D eigenvalue weighted by molar-refractivity contribution is 6.30. The van der Waals surface area contributed by atoms with Crippen LogP contribution in [0, 0.1) is 13.8 Å². The molecule has 0 saturated carbocycles. The molecule has 1 unspecified atom stereocenters. The highest BCUT2D eigenvalue weighted by Gasteiger charge is 2.16. The quantitative estimate of drug-likeness (QED) is 0.637. The molecule has 1 aromatic carbocycles. The first-order chi connectivity index (χ1) is 10.0. The van der Waals surface area contributed by atoms with Crippen LogP contribution in [-0.4, -0.2) is 15.8 Å². The molecule has 5 heteroatoms. The number of halogens is 1. The molecule has 0 spiro atoms. The van der Waals surface area contributed by atoms with Crippen molar-refractivity contribution in [3.8, 4) is 0 Å². The average molecular weight is 307 g/mol. The minimum absolute atomic E-state index is 0.187. The number of hydrogen-bond donors (Lipinski definition) is 2. The maximum atomic E-state index is 6.28. The fourth-order valence-corrected chi connectivity index (χ4v) is 2.74. The van der Waals surface area contributed by atoms with Gasteiger partial charge in [-0.2, -0.15) is 5.10 Å². The largest absolute Gasteiger partial charge is 0.271 e. The lowest BCUT2D eigenvalue weighted by Gasteiger charge is -2.16. The third kappa shape index (κ3) is 4.06. The molecule has 0 aliphatic rings. The van der Waals surface area contributed by atoms with Crippen molar-refractivity contribution in [1.29, 1.82) is 0 Å². The topological polar surface area (TPSA) is 55.9 Å². The van der Waals surface area contributed by atoms with Crippen molar-refractivity contribution >= 4 is 11.6 Å². The SMILES string of the molecule is Cc1ccc(CCC(Cc2c(C)nn(C)c2Cl)NN)cc1. The van der Waals surface area contributed by atoms with Crippen LogP contribution in [0.5, 0.6) is 0 Å². The Hall–Kier alpha value is -1.36. The lowest BCUT2D eigenvalue weighted by molar-refractivity contribution is 0.490.